The number of ether oxygens (including phenoxy) is 1. The second-order valence-electron chi connectivity index (χ2n) is 6.04. The van der Waals surface area contributed by atoms with Crippen molar-refractivity contribution in [2.45, 2.75) is 37.4 Å². The van der Waals surface area contributed by atoms with Gasteiger partial charge in [0.2, 0.25) is 5.91 Å². The predicted octanol–water partition coefficient (Wildman–Crippen LogP) is 2.42. The van der Waals surface area contributed by atoms with E-state index in [9.17, 15) is 9.18 Å². The Bertz CT molecular complexity index is 559. The first-order chi connectivity index (χ1) is 10.6. The summed E-state index contributed by atoms with van der Waals surface area (Å²) in [4.78, 5) is 12.4. The lowest BCUT2D eigenvalue weighted by Crippen LogP contribution is -2.44. The molecule has 0 unspecified atom stereocenters. The predicted molar refractivity (Wildman–Crippen MR) is 82.2 cm³/mol. The summed E-state index contributed by atoms with van der Waals surface area (Å²) in [6.45, 7) is 0.431. The molecule has 2 N–H and O–H groups in total. The van der Waals surface area contributed by atoms with Crippen molar-refractivity contribution in [2.75, 3.05) is 13.7 Å². The summed E-state index contributed by atoms with van der Waals surface area (Å²) < 4.78 is 19.3. The number of hydrogen-bond acceptors (Lipinski definition) is 3. The smallest absolute Gasteiger partial charge is 0.237 e. The number of amides is 1. The minimum absolute atomic E-state index is 0.0643. The Morgan fingerprint density at radius 1 is 1.55 bits per heavy atom. The number of benzene rings is 1. The molecule has 1 aliphatic carbocycles. The van der Waals surface area contributed by atoms with Gasteiger partial charge in [0.1, 0.15) is 5.82 Å². The zero-order valence-corrected chi connectivity index (χ0v) is 13.2. The van der Waals surface area contributed by atoms with Crippen LogP contribution in [0, 0.1) is 11.7 Å². The summed E-state index contributed by atoms with van der Waals surface area (Å²) in [6.07, 6.45) is 2.53. The first-order valence-electron chi connectivity index (χ1n) is 7.59. The zero-order valence-electron chi connectivity index (χ0n) is 12.4. The summed E-state index contributed by atoms with van der Waals surface area (Å²) >= 11 is 5.85. The molecule has 1 amide bonds. The lowest BCUT2D eigenvalue weighted by Gasteiger charge is -2.22. The highest BCUT2D eigenvalue weighted by Gasteiger charge is 2.48. The van der Waals surface area contributed by atoms with Crippen LogP contribution in [0.3, 0.4) is 0 Å². The average molecular weight is 327 g/mol. The second-order valence-corrected chi connectivity index (χ2v) is 6.45. The Morgan fingerprint density at radius 3 is 3.05 bits per heavy atom. The van der Waals surface area contributed by atoms with Gasteiger partial charge in [0.15, 0.2) is 0 Å². The first kappa shape index (κ1) is 15.7. The molecule has 1 saturated heterocycles. The van der Waals surface area contributed by atoms with E-state index >= 15 is 0 Å². The average Bonchev–Trinajstić information content (AvgIpc) is 3.12. The van der Waals surface area contributed by atoms with Crippen LogP contribution in [0.4, 0.5) is 4.39 Å². The maximum absolute atomic E-state index is 14.2. The number of nitrogens with one attached hydrogen (secondary N) is 2. The van der Waals surface area contributed by atoms with Gasteiger partial charge < -0.3 is 15.4 Å². The Morgan fingerprint density at radius 2 is 2.36 bits per heavy atom. The van der Waals surface area contributed by atoms with Crippen LogP contribution in [0.25, 0.3) is 0 Å². The van der Waals surface area contributed by atoms with Crippen LogP contribution in [-0.4, -0.2) is 31.7 Å². The quantitative estimate of drug-likeness (QED) is 0.844. The van der Waals surface area contributed by atoms with Gasteiger partial charge in [0, 0.05) is 25.3 Å². The van der Waals surface area contributed by atoms with Crippen molar-refractivity contribution < 1.29 is 13.9 Å². The van der Waals surface area contributed by atoms with E-state index in [1.165, 1.54) is 12.5 Å². The number of methoxy groups -OCH3 is 1. The molecule has 4 nitrogen and oxygen atoms in total. The number of halogens is 2. The Labute approximate surface area is 134 Å². The molecule has 22 heavy (non-hydrogen) atoms. The summed E-state index contributed by atoms with van der Waals surface area (Å²) in [6, 6.07) is 4.73. The molecule has 0 bridgehead atoms. The van der Waals surface area contributed by atoms with Crippen LogP contribution in [0.2, 0.25) is 5.02 Å². The van der Waals surface area contributed by atoms with Crippen LogP contribution in [0.5, 0.6) is 0 Å². The van der Waals surface area contributed by atoms with E-state index in [1.54, 1.807) is 19.2 Å². The van der Waals surface area contributed by atoms with E-state index < -0.39 is 11.9 Å². The maximum Gasteiger partial charge on any atom is 0.237 e. The third-order valence-electron chi connectivity index (χ3n) is 4.48. The fourth-order valence-corrected chi connectivity index (χ4v) is 3.31. The minimum atomic E-state index is -0.479. The van der Waals surface area contributed by atoms with Gasteiger partial charge >= 0.3 is 0 Å². The largest absolute Gasteiger partial charge is 0.385 e. The SMILES string of the molecule is COCC[C@@H](NC(=O)[C@@H]1C[C@H]2C[C@H]2N1)c1cccc(Cl)c1F. The molecule has 1 saturated carbocycles. The van der Waals surface area contributed by atoms with Gasteiger partial charge in [-0.3, -0.25) is 4.79 Å². The highest BCUT2D eigenvalue weighted by Crippen LogP contribution is 2.40. The molecule has 1 aliphatic heterocycles. The van der Waals surface area contributed by atoms with E-state index in [2.05, 4.69) is 10.6 Å². The van der Waals surface area contributed by atoms with E-state index in [0.717, 1.165) is 6.42 Å². The normalized spacial score (nSPS) is 27.3. The van der Waals surface area contributed by atoms with Crippen molar-refractivity contribution in [3.63, 3.8) is 0 Å². The molecule has 2 fully saturated rings. The van der Waals surface area contributed by atoms with Crippen LogP contribution >= 0.6 is 11.6 Å². The number of hydrogen-bond donors (Lipinski definition) is 2. The number of carbonyl (C=O) groups excluding carboxylic acids is 1. The van der Waals surface area contributed by atoms with Crippen LogP contribution in [-0.2, 0) is 9.53 Å². The summed E-state index contributed by atoms with van der Waals surface area (Å²) in [7, 11) is 1.58. The van der Waals surface area contributed by atoms with Crippen LogP contribution in [0.1, 0.15) is 30.9 Å². The van der Waals surface area contributed by atoms with Crippen molar-refractivity contribution in [1.82, 2.24) is 10.6 Å². The molecule has 1 aromatic rings. The number of rotatable bonds is 6. The topological polar surface area (TPSA) is 50.4 Å². The Hall–Kier alpha value is -1.17. The van der Waals surface area contributed by atoms with Crippen LogP contribution < -0.4 is 10.6 Å². The first-order valence-corrected chi connectivity index (χ1v) is 7.97. The molecule has 4 atom stereocenters. The Balaban J connectivity index is 1.71. The molecule has 6 heteroatoms. The van der Waals surface area contributed by atoms with Gasteiger partial charge in [-0.15, -0.1) is 0 Å². The monoisotopic (exact) mass is 326 g/mol. The van der Waals surface area contributed by atoms with Crippen molar-refractivity contribution in [2.24, 2.45) is 5.92 Å². The lowest BCUT2D eigenvalue weighted by molar-refractivity contribution is -0.123. The molecule has 1 aromatic carbocycles. The molecule has 0 spiro atoms. The van der Waals surface area contributed by atoms with Crippen molar-refractivity contribution in [1.29, 1.82) is 0 Å². The molecular formula is C16H20ClFN2O2. The molecule has 2 aliphatic rings. The van der Waals surface area contributed by atoms with E-state index in [1.807, 2.05) is 0 Å². The standard InChI is InChI=1S/C16H20ClFN2O2/c1-22-6-5-12(10-3-2-4-11(17)15(10)18)20-16(21)14-8-9-7-13(9)19-14/h2-4,9,12-14,19H,5-8H2,1H3,(H,20,21)/t9-,12-,13-,14+/m1/s1. The van der Waals surface area contributed by atoms with Crippen LogP contribution in [0.15, 0.2) is 18.2 Å². The van der Waals surface area contributed by atoms with Gasteiger partial charge in [0.25, 0.3) is 0 Å². The fraction of sp³-hybridized carbons (Fsp3) is 0.562. The van der Waals surface area contributed by atoms with Gasteiger partial charge in [0.05, 0.1) is 17.1 Å². The highest BCUT2D eigenvalue weighted by atomic mass is 35.5. The summed E-state index contributed by atoms with van der Waals surface area (Å²) in [5.74, 6) is 0.0801. The second kappa shape index (κ2) is 6.52. The molecule has 120 valence electrons. The third-order valence-corrected chi connectivity index (χ3v) is 4.77. The van der Waals surface area contributed by atoms with Crippen molar-refractivity contribution in [3.05, 3.63) is 34.6 Å². The van der Waals surface area contributed by atoms with E-state index in [4.69, 9.17) is 16.3 Å². The van der Waals surface area contributed by atoms with Crippen molar-refractivity contribution >= 4 is 17.5 Å². The van der Waals surface area contributed by atoms with E-state index in [-0.39, 0.29) is 17.0 Å². The summed E-state index contributed by atoms with van der Waals surface area (Å²) in [5, 5.41) is 6.31. The molecule has 0 aromatic heterocycles. The molecular weight excluding hydrogens is 307 g/mol. The number of piperidine rings is 1. The number of fused-ring (bicyclic) bond motifs is 1. The zero-order chi connectivity index (χ0) is 15.7. The van der Waals surface area contributed by atoms with E-state index in [0.29, 0.717) is 30.6 Å². The molecule has 3 rings (SSSR count). The molecule has 1 heterocycles. The van der Waals surface area contributed by atoms with Gasteiger partial charge in [-0.05, 0) is 31.2 Å². The fourth-order valence-electron chi connectivity index (χ4n) is 3.13. The lowest BCUT2D eigenvalue weighted by atomic mass is 10.0. The molecule has 0 radical (unpaired) electrons. The minimum Gasteiger partial charge on any atom is -0.385 e. The van der Waals surface area contributed by atoms with Gasteiger partial charge in [-0.2, -0.15) is 0 Å². The Kier molecular flexibility index (Phi) is 4.66. The maximum atomic E-state index is 14.2. The highest BCUT2D eigenvalue weighted by molar-refractivity contribution is 6.30. The number of carbonyl (C=O) groups is 1. The van der Waals surface area contributed by atoms with Gasteiger partial charge in [-0.25, -0.2) is 4.39 Å². The van der Waals surface area contributed by atoms with Crippen molar-refractivity contribution in [3.8, 4) is 0 Å². The third kappa shape index (κ3) is 3.26. The summed E-state index contributed by atoms with van der Waals surface area (Å²) in [5.41, 5.74) is 0.404. The van der Waals surface area contributed by atoms with Gasteiger partial charge in [-0.1, -0.05) is 23.7 Å².